The minimum atomic E-state index is -0.971. The van der Waals surface area contributed by atoms with E-state index in [-0.39, 0.29) is 18.3 Å². The zero-order valence-electron chi connectivity index (χ0n) is 11.0. The lowest BCUT2D eigenvalue weighted by atomic mass is 9.76. The van der Waals surface area contributed by atoms with Crippen LogP contribution in [-0.2, 0) is 16.0 Å². The van der Waals surface area contributed by atoms with Crippen molar-refractivity contribution < 1.29 is 23.8 Å². The lowest BCUT2D eigenvalue weighted by Gasteiger charge is -2.27. The van der Waals surface area contributed by atoms with Crippen LogP contribution in [0.2, 0.25) is 0 Å². The molecule has 19 heavy (non-hydrogen) atoms. The van der Waals surface area contributed by atoms with Gasteiger partial charge in [0.2, 0.25) is 0 Å². The molecule has 1 aliphatic rings. The van der Waals surface area contributed by atoms with Crippen LogP contribution in [0.3, 0.4) is 0 Å². The molecule has 1 aromatic rings. The highest BCUT2D eigenvalue weighted by molar-refractivity contribution is 5.76. The second-order valence-electron chi connectivity index (χ2n) is 4.87. The van der Waals surface area contributed by atoms with Crippen molar-refractivity contribution in [2.24, 2.45) is 5.41 Å². The Bertz CT molecular complexity index is 488. The zero-order valence-corrected chi connectivity index (χ0v) is 11.0. The van der Waals surface area contributed by atoms with Crippen molar-refractivity contribution in [3.8, 4) is 5.75 Å². The number of methoxy groups -OCH3 is 1. The summed E-state index contributed by atoms with van der Waals surface area (Å²) >= 11 is 0. The molecule has 1 fully saturated rings. The molecular weight excluding hydrogens is 251 g/mol. The predicted molar refractivity (Wildman–Crippen MR) is 66.8 cm³/mol. The van der Waals surface area contributed by atoms with Gasteiger partial charge in [-0.15, -0.1) is 0 Å². The van der Waals surface area contributed by atoms with Crippen LogP contribution in [0.15, 0.2) is 18.2 Å². The van der Waals surface area contributed by atoms with E-state index >= 15 is 0 Å². The van der Waals surface area contributed by atoms with Crippen LogP contribution in [0.4, 0.5) is 4.39 Å². The number of rotatable bonds is 4. The quantitative estimate of drug-likeness (QED) is 0.910. The van der Waals surface area contributed by atoms with E-state index in [1.165, 1.54) is 19.2 Å². The Hall–Kier alpha value is -1.62. The van der Waals surface area contributed by atoms with Crippen LogP contribution in [0, 0.1) is 11.2 Å². The SMILES string of the molecule is COc1ccc(CC2(C(=O)O)CCOC2C)cc1F. The van der Waals surface area contributed by atoms with Gasteiger partial charge in [-0.3, -0.25) is 4.79 Å². The summed E-state index contributed by atoms with van der Waals surface area (Å²) in [6, 6.07) is 4.53. The Labute approximate surface area is 111 Å². The molecule has 0 radical (unpaired) electrons. The van der Waals surface area contributed by atoms with Gasteiger partial charge in [0.25, 0.3) is 0 Å². The number of carboxylic acids is 1. The van der Waals surface area contributed by atoms with Gasteiger partial charge in [0.1, 0.15) is 0 Å². The summed E-state index contributed by atoms with van der Waals surface area (Å²) in [5.74, 6) is -1.22. The second-order valence-corrected chi connectivity index (χ2v) is 4.87. The van der Waals surface area contributed by atoms with Crippen molar-refractivity contribution in [2.75, 3.05) is 13.7 Å². The molecule has 0 bridgehead atoms. The summed E-state index contributed by atoms with van der Waals surface area (Å²) in [4.78, 5) is 11.5. The molecule has 0 spiro atoms. The van der Waals surface area contributed by atoms with Gasteiger partial charge in [-0.2, -0.15) is 0 Å². The fourth-order valence-electron chi connectivity index (χ4n) is 2.55. The number of hydrogen-bond donors (Lipinski definition) is 1. The highest BCUT2D eigenvalue weighted by Gasteiger charge is 2.48. The summed E-state index contributed by atoms with van der Waals surface area (Å²) in [5, 5.41) is 9.47. The highest BCUT2D eigenvalue weighted by Crippen LogP contribution is 2.39. The minimum Gasteiger partial charge on any atom is -0.494 e. The first kappa shape index (κ1) is 13.8. The Balaban J connectivity index is 2.28. The van der Waals surface area contributed by atoms with Crippen LogP contribution in [-0.4, -0.2) is 30.9 Å². The Morgan fingerprint density at radius 3 is 2.84 bits per heavy atom. The normalized spacial score (nSPS) is 26.4. The predicted octanol–water partition coefficient (Wildman–Crippen LogP) is 2.26. The van der Waals surface area contributed by atoms with Gasteiger partial charge >= 0.3 is 5.97 Å². The maximum Gasteiger partial charge on any atom is 0.312 e. The minimum absolute atomic E-state index is 0.156. The van der Waals surface area contributed by atoms with E-state index in [1.807, 2.05) is 0 Å². The summed E-state index contributed by atoms with van der Waals surface area (Å²) in [5.41, 5.74) is -0.334. The zero-order chi connectivity index (χ0) is 14.0. The molecule has 2 atom stereocenters. The average Bonchev–Trinajstić information content (AvgIpc) is 2.72. The number of benzene rings is 1. The van der Waals surface area contributed by atoms with Gasteiger partial charge in [-0.25, -0.2) is 4.39 Å². The van der Waals surface area contributed by atoms with Crippen LogP contribution >= 0.6 is 0 Å². The first-order valence-electron chi connectivity index (χ1n) is 6.17. The van der Waals surface area contributed by atoms with Gasteiger partial charge in [-0.1, -0.05) is 6.07 Å². The standard InChI is InChI=1S/C14H17FO4/c1-9-14(13(16)17,5-6-19-9)8-10-3-4-12(18-2)11(15)7-10/h3-4,7,9H,5-6,8H2,1-2H3,(H,16,17). The number of halogens is 1. The van der Waals surface area contributed by atoms with Gasteiger partial charge in [0.05, 0.1) is 18.6 Å². The third-order valence-corrected chi connectivity index (χ3v) is 3.86. The van der Waals surface area contributed by atoms with Gasteiger partial charge in [0, 0.05) is 6.61 Å². The molecule has 2 unspecified atom stereocenters. The summed E-state index contributed by atoms with van der Waals surface area (Å²) < 4.78 is 23.9. The molecule has 1 saturated heterocycles. The van der Waals surface area contributed by atoms with E-state index in [9.17, 15) is 14.3 Å². The molecule has 0 amide bonds. The number of carboxylic acid groups (broad SMARTS) is 1. The monoisotopic (exact) mass is 268 g/mol. The van der Waals surface area contributed by atoms with E-state index in [2.05, 4.69) is 0 Å². The lowest BCUT2D eigenvalue weighted by molar-refractivity contribution is -0.151. The molecule has 0 saturated carbocycles. The largest absolute Gasteiger partial charge is 0.494 e. The maximum absolute atomic E-state index is 13.6. The molecule has 0 aliphatic carbocycles. The topological polar surface area (TPSA) is 55.8 Å². The van der Waals surface area contributed by atoms with Crippen molar-refractivity contribution in [1.82, 2.24) is 0 Å². The van der Waals surface area contributed by atoms with Crippen LogP contribution in [0.1, 0.15) is 18.9 Å². The smallest absolute Gasteiger partial charge is 0.312 e. The number of ether oxygens (including phenoxy) is 2. The summed E-state index contributed by atoms with van der Waals surface area (Å²) in [7, 11) is 1.39. The Kier molecular flexibility index (Phi) is 3.75. The second kappa shape index (κ2) is 5.17. The fraction of sp³-hybridized carbons (Fsp3) is 0.500. The molecular formula is C14H17FO4. The highest BCUT2D eigenvalue weighted by atomic mass is 19.1. The number of aliphatic carboxylic acids is 1. The molecule has 104 valence electrons. The third-order valence-electron chi connectivity index (χ3n) is 3.86. The molecule has 1 aliphatic heterocycles. The van der Waals surface area contributed by atoms with E-state index in [1.54, 1.807) is 13.0 Å². The van der Waals surface area contributed by atoms with E-state index in [0.717, 1.165) is 0 Å². The van der Waals surface area contributed by atoms with Crippen LogP contribution in [0.25, 0.3) is 0 Å². The van der Waals surface area contributed by atoms with Crippen molar-refractivity contribution in [2.45, 2.75) is 25.9 Å². The summed E-state index contributed by atoms with van der Waals surface area (Å²) in [6.45, 7) is 2.17. The number of carbonyl (C=O) groups is 1. The lowest BCUT2D eigenvalue weighted by Crippen LogP contribution is -2.39. The fourth-order valence-corrected chi connectivity index (χ4v) is 2.55. The van der Waals surface area contributed by atoms with Crippen LogP contribution < -0.4 is 4.74 Å². The van der Waals surface area contributed by atoms with Crippen molar-refractivity contribution in [1.29, 1.82) is 0 Å². The molecule has 0 aromatic heterocycles. The molecule has 5 heteroatoms. The van der Waals surface area contributed by atoms with Crippen molar-refractivity contribution >= 4 is 5.97 Å². The third kappa shape index (κ3) is 2.42. The average molecular weight is 268 g/mol. The Morgan fingerprint density at radius 2 is 2.37 bits per heavy atom. The maximum atomic E-state index is 13.6. The number of hydrogen-bond acceptors (Lipinski definition) is 3. The van der Waals surface area contributed by atoms with E-state index < -0.39 is 17.2 Å². The van der Waals surface area contributed by atoms with E-state index in [4.69, 9.17) is 9.47 Å². The Morgan fingerprint density at radius 1 is 1.63 bits per heavy atom. The molecule has 2 rings (SSSR count). The van der Waals surface area contributed by atoms with Crippen molar-refractivity contribution in [3.63, 3.8) is 0 Å². The first-order valence-corrected chi connectivity index (χ1v) is 6.17. The molecule has 4 nitrogen and oxygen atoms in total. The van der Waals surface area contributed by atoms with Gasteiger partial charge in [0.15, 0.2) is 11.6 Å². The van der Waals surface area contributed by atoms with Gasteiger partial charge in [-0.05, 0) is 37.5 Å². The first-order chi connectivity index (χ1) is 8.99. The van der Waals surface area contributed by atoms with Gasteiger partial charge < -0.3 is 14.6 Å². The molecule has 1 aromatic carbocycles. The molecule has 1 heterocycles. The van der Waals surface area contributed by atoms with E-state index in [0.29, 0.717) is 18.6 Å². The molecule has 1 N–H and O–H groups in total. The van der Waals surface area contributed by atoms with Crippen LogP contribution in [0.5, 0.6) is 5.75 Å². The van der Waals surface area contributed by atoms with Crippen molar-refractivity contribution in [3.05, 3.63) is 29.6 Å². The summed E-state index contributed by atoms with van der Waals surface area (Å²) in [6.07, 6.45) is 0.317.